The van der Waals surface area contributed by atoms with Crippen LogP contribution in [0.5, 0.6) is 5.75 Å². The number of phenols is 1. The lowest BCUT2D eigenvalue weighted by Crippen LogP contribution is -2.30. The Bertz CT molecular complexity index is 1150. The lowest BCUT2D eigenvalue weighted by atomic mass is 9.99. The molecular weight excluding hydrogens is 503 g/mol. The van der Waals surface area contributed by atoms with E-state index < -0.39 is 29.7 Å². The summed E-state index contributed by atoms with van der Waals surface area (Å²) >= 11 is 3.33. The van der Waals surface area contributed by atoms with Crippen LogP contribution in [0.2, 0.25) is 0 Å². The van der Waals surface area contributed by atoms with Crippen LogP contribution in [0.1, 0.15) is 33.9 Å². The summed E-state index contributed by atoms with van der Waals surface area (Å²) in [6, 6.07) is 14.9. The molecule has 0 bridgehead atoms. The molecule has 3 aromatic rings. The molecule has 0 heterocycles. The van der Waals surface area contributed by atoms with Crippen LogP contribution in [0.25, 0.3) is 11.1 Å². The van der Waals surface area contributed by atoms with E-state index in [2.05, 4.69) is 21.2 Å². The maximum atomic E-state index is 13.0. The maximum absolute atomic E-state index is 13.0. The van der Waals surface area contributed by atoms with Crippen molar-refractivity contribution in [3.8, 4) is 16.9 Å². The molecule has 0 aliphatic carbocycles. The van der Waals surface area contributed by atoms with Gasteiger partial charge in [0.05, 0.1) is 30.7 Å². The van der Waals surface area contributed by atoms with Crippen molar-refractivity contribution in [1.29, 1.82) is 0 Å². The summed E-state index contributed by atoms with van der Waals surface area (Å²) in [5.41, 5.74) is 0.661. The molecule has 9 heteroatoms. The second-order valence-electron chi connectivity index (χ2n) is 7.16. The Morgan fingerprint density at radius 2 is 1.61 bits per heavy atom. The van der Waals surface area contributed by atoms with Crippen molar-refractivity contribution < 1.29 is 32.6 Å². The number of carbonyl (C=O) groups is 2. The van der Waals surface area contributed by atoms with Crippen molar-refractivity contribution >= 4 is 27.8 Å². The second kappa shape index (κ2) is 10.1. The minimum Gasteiger partial charge on any atom is -0.507 e. The number of amides is 1. The summed E-state index contributed by atoms with van der Waals surface area (Å²) < 4.78 is 44.0. The van der Waals surface area contributed by atoms with Gasteiger partial charge in [0.1, 0.15) is 5.75 Å². The molecule has 0 saturated carbocycles. The number of hydrogen-bond acceptors (Lipinski definition) is 4. The van der Waals surface area contributed by atoms with Crippen LogP contribution >= 0.6 is 15.9 Å². The molecule has 1 unspecified atom stereocenters. The highest BCUT2D eigenvalue weighted by Crippen LogP contribution is 2.32. The van der Waals surface area contributed by atoms with Crippen LogP contribution < -0.4 is 5.32 Å². The molecule has 3 rings (SSSR count). The van der Waals surface area contributed by atoms with E-state index in [4.69, 9.17) is 4.74 Å². The van der Waals surface area contributed by atoms with Crippen LogP contribution in [0, 0.1) is 0 Å². The minimum atomic E-state index is -4.46. The van der Waals surface area contributed by atoms with E-state index in [1.54, 1.807) is 24.3 Å². The average molecular weight is 522 g/mol. The van der Waals surface area contributed by atoms with Crippen molar-refractivity contribution in [2.75, 3.05) is 7.11 Å². The first kappa shape index (κ1) is 24.3. The van der Waals surface area contributed by atoms with Gasteiger partial charge in [-0.25, -0.2) is 0 Å². The van der Waals surface area contributed by atoms with E-state index in [1.807, 2.05) is 0 Å². The highest BCUT2D eigenvalue weighted by atomic mass is 79.9. The number of nitrogens with one attached hydrogen (secondary N) is 1. The van der Waals surface area contributed by atoms with E-state index in [9.17, 15) is 27.9 Å². The molecule has 0 saturated heterocycles. The Morgan fingerprint density at radius 3 is 2.18 bits per heavy atom. The molecule has 5 nitrogen and oxygen atoms in total. The Balaban J connectivity index is 1.88. The first-order valence-electron chi connectivity index (χ1n) is 9.72. The summed E-state index contributed by atoms with van der Waals surface area (Å²) in [5.74, 6) is -1.50. The summed E-state index contributed by atoms with van der Waals surface area (Å²) in [4.78, 5) is 24.8. The van der Waals surface area contributed by atoms with E-state index in [-0.39, 0.29) is 17.7 Å². The molecule has 0 aliphatic heterocycles. The van der Waals surface area contributed by atoms with Gasteiger partial charge in [-0.15, -0.1) is 0 Å². The second-order valence-corrected chi connectivity index (χ2v) is 8.08. The zero-order valence-electron chi connectivity index (χ0n) is 17.3. The topological polar surface area (TPSA) is 75.6 Å². The molecule has 2 N–H and O–H groups in total. The van der Waals surface area contributed by atoms with Gasteiger partial charge in [0.2, 0.25) is 0 Å². The predicted octanol–water partition coefficient (Wildman–Crippen LogP) is 5.87. The first-order valence-corrected chi connectivity index (χ1v) is 10.5. The largest absolute Gasteiger partial charge is 0.507 e. The SMILES string of the molecule is COC(=O)CC(NC(=O)c1cc(-c2ccc(C(F)(F)F)cc2)ccc1O)c1ccc(Br)cc1. The molecule has 0 fully saturated rings. The smallest absolute Gasteiger partial charge is 0.416 e. The van der Waals surface area contributed by atoms with Gasteiger partial charge in [0, 0.05) is 4.47 Å². The number of halogens is 4. The highest BCUT2D eigenvalue weighted by Gasteiger charge is 2.30. The number of rotatable bonds is 6. The van der Waals surface area contributed by atoms with Crippen LogP contribution in [-0.4, -0.2) is 24.1 Å². The van der Waals surface area contributed by atoms with E-state index in [0.717, 1.165) is 16.6 Å². The summed E-state index contributed by atoms with van der Waals surface area (Å²) in [5, 5.41) is 13.0. The van der Waals surface area contributed by atoms with E-state index in [1.165, 1.54) is 37.4 Å². The summed E-state index contributed by atoms with van der Waals surface area (Å²) in [6.45, 7) is 0. The van der Waals surface area contributed by atoms with Gasteiger partial charge in [-0.2, -0.15) is 13.2 Å². The van der Waals surface area contributed by atoms with Crippen molar-refractivity contribution in [1.82, 2.24) is 5.32 Å². The molecule has 0 aromatic heterocycles. The van der Waals surface area contributed by atoms with Crippen molar-refractivity contribution in [2.24, 2.45) is 0 Å². The van der Waals surface area contributed by atoms with Gasteiger partial charge in [0.15, 0.2) is 0 Å². The zero-order chi connectivity index (χ0) is 24.2. The average Bonchev–Trinajstić information content (AvgIpc) is 2.78. The third kappa shape index (κ3) is 6.13. The van der Waals surface area contributed by atoms with Gasteiger partial charge in [-0.1, -0.05) is 46.3 Å². The molecule has 0 spiro atoms. The summed E-state index contributed by atoms with van der Waals surface area (Å²) in [7, 11) is 1.24. The van der Waals surface area contributed by atoms with Crippen molar-refractivity contribution in [2.45, 2.75) is 18.6 Å². The molecule has 1 amide bonds. The molecular formula is C24H19BrF3NO4. The Labute approximate surface area is 196 Å². The Morgan fingerprint density at radius 1 is 1.00 bits per heavy atom. The first-order chi connectivity index (χ1) is 15.6. The lowest BCUT2D eigenvalue weighted by Gasteiger charge is -2.19. The van der Waals surface area contributed by atoms with Gasteiger partial charge in [0.25, 0.3) is 5.91 Å². The number of methoxy groups -OCH3 is 1. The molecule has 1 atom stereocenters. The Hall–Kier alpha value is -3.33. The highest BCUT2D eigenvalue weighted by molar-refractivity contribution is 9.10. The van der Waals surface area contributed by atoms with Crippen LogP contribution in [0.3, 0.4) is 0 Å². The molecule has 172 valence electrons. The number of benzene rings is 3. The number of aromatic hydroxyl groups is 1. The zero-order valence-corrected chi connectivity index (χ0v) is 18.9. The summed E-state index contributed by atoms with van der Waals surface area (Å²) in [6.07, 6.45) is -4.59. The van der Waals surface area contributed by atoms with Crippen LogP contribution in [0.4, 0.5) is 13.2 Å². The van der Waals surface area contributed by atoms with E-state index >= 15 is 0 Å². The third-order valence-electron chi connectivity index (χ3n) is 4.96. The fourth-order valence-electron chi connectivity index (χ4n) is 3.18. The predicted molar refractivity (Wildman–Crippen MR) is 120 cm³/mol. The molecule has 33 heavy (non-hydrogen) atoms. The number of phenolic OH excluding ortho intramolecular Hbond substituents is 1. The lowest BCUT2D eigenvalue weighted by molar-refractivity contribution is -0.141. The fourth-order valence-corrected chi connectivity index (χ4v) is 3.45. The molecule has 0 aliphatic rings. The van der Waals surface area contributed by atoms with Gasteiger partial charge < -0.3 is 15.2 Å². The third-order valence-corrected chi connectivity index (χ3v) is 5.49. The number of ether oxygens (including phenoxy) is 1. The van der Waals surface area contributed by atoms with E-state index in [0.29, 0.717) is 16.7 Å². The standard InChI is InChI=1S/C24H19BrF3NO4/c1-33-22(31)13-20(15-4-9-18(25)10-5-15)29-23(32)19-12-16(6-11-21(19)30)14-2-7-17(8-3-14)24(26,27)28/h2-12,20,30H,13H2,1H3,(H,29,32). The number of hydrogen-bond donors (Lipinski definition) is 2. The number of alkyl halides is 3. The fraction of sp³-hybridized carbons (Fsp3) is 0.167. The maximum Gasteiger partial charge on any atom is 0.416 e. The van der Waals surface area contributed by atoms with Crippen molar-refractivity contribution in [3.05, 3.63) is 87.9 Å². The Kier molecular flexibility index (Phi) is 7.43. The normalized spacial score (nSPS) is 12.2. The quantitative estimate of drug-likeness (QED) is 0.397. The van der Waals surface area contributed by atoms with Crippen molar-refractivity contribution in [3.63, 3.8) is 0 Å². The monoisotopic (exact) mass is 521 g/mol. The van der Waals surface area contributed by atoms with Gasteiger partial charge >= 0.3 is 12.1 Å². The number of carbonyl (C=O) groups excluding carboxylic acids is 2. The number of esters is 1. The molecule has 3 aromatic carbocycles. The minimum absolute atomic E-state index is 0.0839. The van der Waals surface area contributed by atoms with Crippen LogP contribution in [0.15, 0.2) is 71.2 Å². The van der Waals surface area contributed by atoms with Gasteiger partial charge in [-0.3, -0.25) is 9.59 Å². The molecule has 0 radical (unpaired) electrons. The van der Waals surface area contributed by atoms with Gasteiger partial charge in [-0.05, 0) is 53.1 Å². The van der Waals surface area contributed by atoms with Crippen LogP contribution in [-0.2, 0) is 15.7 Å².